The third kappa shape index (κ3) is 3.18. The molecule has 0 aromatic heterocycles. The predicted molar refractivity (Wildman–Crippen MR) is 42.8 cm³/mol. The third-order valence-electron chi connectivity index (χ3n) is 1.86. The average Bonchev–Trinajstić information content (AvgIpc) is 2.14. The Kier molecular flexibility index (Phi) is 4.76. The first kappa shape index (κ1) is 12.8. The molecule has 0 saturated heterocycles. The van der Waals surface area contributed by atoms with Gasteiger partial charge in [0.15, 0.2) is 0 Å². The maximum atomic E-state index is 9.25. The highest BCUT2D eigenvalue weighted by molar-refractivity contribution is 4.89. The Morgan fingerprint density at radius 2 is 1.62 bits per heavy atom. The van der Waals surface area contributed by atoms with E-state index in [4.69, 9.17) is 20.4 Å². The van der Waals surface area contributed by atoms with E-state index in [1.54, 1.807) is 0 Å². The minimum atomic E-state index is -1.91. The molecule has 0 aliphatic heterocycles. The molecule has 0 bridgehead atoms. The molecule has 0 radical (unpaired) electrons. The molecule has 4 atom stereocenters. The molecule has 0 aromatic carbocycles. The lowest BCUT2D eigenvalue weighted by Crippen LogP contribution is -2.54. The van der Waals surface area contributed by atoms with Crippen molar-refractivity contribution in [2.75, 3.05) is 13.2 Å². The standard InChI is InChI=1S/C7H16O6/c1-7(13,3-9)6(12)5(11)4(10)2-8/h4-6,8-13H,2-3H2,1H3/t4-,5+,6+,7-/m1/s1. The second-order valence-corrected chi connectivity index (χ2v) is 3.20. The molecule has 0 spiro atoms. The van der Waals surface area contributed by atoms with E-state index < -0.39 is 37.1 Å². The summed E-state index contributed by atoms with van der Waals surface area (Å²) in [7, 11) is 0. The van der Waals surface area contributed by atoms with E-state index in [-0.39, 0.29) is 0 Å². The van der Waals surface area contributed by atoms with Gasteiger partial charge in [-0.2, -0.15) is 0 Å². The maximum Gasteiger partial charge on any atom is 0.113 e. The highest BCUT2D eigenvalue weighted by Crippen LogP contribution is 2.14. The first-order valence-corrected chi connectivity index (χ1v) is 3.85. The van der Waals surface area contributed by atoms with E-state index in [0.717, 1.165) is 6.92 Å². The highest BCUT2D eigenvalue weighted by atomic mass is 16.4. The molecule has 0 aliphatic rings. The van der Waals surface area contributed by atoms with Gasteiger partial charge in [0.25, 0.3) is 0 Å². The Balaban J connectivity index is 4.32. The highest BCUT2D eigenvalue weighted by Gasteiger charge is 2.38. The molecule has 6 heteroatoms. The fourth-order valence-electron chi connectivity index (χ4n) is 0.780. The normalized spacial score (nSPS) is 23.3. The van der Waals surface area contributed by atoms with Gasteiger partial charge >= 0.3 is 0 Å². The fraction of sp³-hybridized carbons (Fsp3) is 1.00. The van der Waals surface area contributed by atoms with Gasteiger partial charge in [0.05, 0.1) is 13.2 Å². The van der Waals surface area contributed by atoms with Gasteiger partial charge in [0.2, 0.25) is 0 Å². The minimum absolute atomic E-state index is 0.736. The van der Waals surface area contributed by atoms with Gasteiger partial charge in [-0.05, 0) is 6.92 Å². The molecular weight excluding hydrogens is 180 g/mol. The van der Waals surface area contributed by atoms with Crippen molar-refractivity contribution in [2.45, 2.75) is 30.8 Å². The molecule has 0 rings (SSSR count). The molecule has 0 heterocycles. The second kappa shape index (κ2) is 4.85. The molecule has 0 aliphatic carbocycles. The molecule has 13 heavy (non-hydrogen) atoms. The molecular formula is C7H16O6. The van der Waals surface area contributed by atoms with Crippen molar-refractivity contribution in [3.05, 3.63) is 0 Å². The zero-order chi connectivity index (χ0) is 10.6. The van der Waals surface area contributed by atoms with E-state index in [2.05, 4.69) is 0 Å². The molecule has 0 saturated carbocycles. The molecule has 80 valence electrons. The number of aliphatic hydroxyl groups excluding tert-OH is 5. The zero-order valence-corrected chi connectivity index (χ0v) is 7.33. The SMILES string of the molecule is C[C@@](O)(CO)[C@@H](O)[C@@H](O)[C@H](O)CO. The number of rotatable bonds is 5. The number of aliphatic hydroxyl groups is 6. The van der Waals surface area contributed by atoms with Crippen molar-refractivity contribution in [1.29, 1.82) is 0 Å². The van der Waals surface area contributed by atoms with E-state index in [1.165, 1.54) is 0 Å². The quantitative estimate of drug-likeness (QED) is 0.275. The third-order valence-corrected chi connectivity index (χ3v) is 1.86. The van der Waals surface area contributed by atoms with Crippen molar-refractivity contribution >= 4 is 0 Å². The van der Waals surface area contributed by atoms with Gasteiger partial charge in [-0.15, -0.1) is 0 Å². The van der Waals surface area contributed by atoms with E-state index in [9.17, 15) is 10.2 Å². The summed E-state index contributed by atoms with van der Waals surface area (Å²) >= 11 is 0. The Hall–Kier alpha value is -0.240. The van der Waals surface area contributed by atoms with Crippen LogP contribution in [-0.2, 0) is 0 Å². The number of hydrogen-bond donors (Lipinski definition) is 6. The van der Waals surface area contributed by atoms with Crippen LogP contribution in [0.1, 0.15) is 6.92 Å². The Bertz CT molecular complexity index is 148. The van der Waals surface area contributed by atoms with Crippen LogP contribution in [0.4, 0.5) is 0 Å². The van der Waals surface area contributed by atoms with Gasteiger partial charge < -0.3 is 30.6 Å². The van der Waals surface area contributed by atoms with Crippen LogP contribution in [0.3, 0.4) is 0 Å². The average molecular weight is 196 g/mol. The summed E-state index contributed by atoms with van der Waals surface area (Å²) in [6.45, 7) is -0.395. The number of hydrogen-bond acceptors (Lipinski definition) is 6. The smallest absolute Gasteiger partial charge is 0.113 e. The summed E-state index contributed by atoms with van der Waals surface area (Å²) in [5.74, 6) is 0. The van der Waals surface area contributed by atoms with Crippen LogP contribution in [-0.4, -0.2) is 67.8 Å². The van der Waals surface area contributed by atoms with Crippen molar-refractivity contribution in [1.82, 2.24) is 0 Å². The van der Waals surface area contributed by atoms with Gasteiger partial charge in [-0.3, -0.25) is 0 Å². The van der Waals surface area contributed by atoms with Crippen LogP contribution in [0.25, 0.3) is 0 Å². The summed E-state index contributed by atoms with van der Waals surface area (Å²) < 4.78 is 0. The van der Waals surface area contributed by atoms with Crippen molar-refractivity contribution in [3.63, 3.8) is 0 Å². The summed E-state index contributed by atoms with van der Waals surface area (Å²) in [5, 5.41) is 53.5. The van der Waals surface area contributed by atoms with E-state index >= 15 is 0 Å². The molecule has 6 N–H and O–H groups in total. The Morgan fingerprint density at radius 3 is 1.92 bits per heavy atom. The lowest BCUT2D eigenvalue weighted by molar-refractivity contribution is -0.164. The van der Waals surface area contributed by atoms with Crippen molar-refractivity contribution in [3.8, 4) is 0 Å². The lowest BCUT2D eigenvalue weighted by atomic mass is 9.93. The van der Waals surface area contributed by atoms with Gasteiger partial charge in [0.1, 0.15) is 23.9 Å². The largest absolute Gasteiger partial charge is 0.394 e. The Morgan fingerprint density at radius 1 is 1.15 bits per heavy atom. The summed E-state index contributed by atoms with van der Waals surface area (Å²) in [4.78, 5) is 0. The van der Waals surface area contributed by atoms with E-state index in [1.807, 2.05) is 0 Å². The van der Waals surface area contributed by atoms with Crippen molar-refractivity contribution in [2.24, 2.45) is 0 Å². The van der Waals surface area contributed by atoms with Crippen LogP contribution < -0.4 is 0 Å². The van der Waals surface area contributed by atoms with Crippen LogP contribution >= 0.6 is 0 Å². The second-order valence-electron chi connectivity index (χ2n) is 3.20. The van der Waals surface area contributed by atoms with Gasteiger partial charge in [0, 0.05) is 0 Å². The molecule has 6 nitrogen and oxygen atoms in total. The first-order chi connectivity index (χ1) is 5.86. The topological polar surface area (TPSA) is 121 Å². The summed E-state index contributed by atoms with van der Waals surface area (Å²) in [6.07, 6.45) is -4.97. The monoisotopic (exact) mass is 196 g/mol. The maximum absolute atomic E-state index is 9.25. The molecule has 0 fully saturated rings. The van der Waals surface area contributed by atoms with Crippen LogP contribution in [0.5, 0.6) is 0 Å². The van der Waals surface area contributed by atoms with Crippen LogP contribution in [0.2, 0.25) is 0 Å². The minimum Gasteiger partial charge on any atom is -0.394 e. The van der Waals surface area contributed by atoms with E-state index in [0.29, 0.717) is 0 Å². The predicted octanol–water partition coefficient (Wildman–Crippen LogP) is -3.20. The summed E-state index contributed by atoms with van der Waals surface area (Å²) in [5.41, 5.74) is -1.91. The van der Waals surface area contributed by atoms with Gasteiger partial charge in [-0.1, -0.05) is 0 Å². The van der Waals surface area contributed by atoms with Crippen LogP contribution in [0, 0.1) is 0 Å². The molecule has 0 amide bonds. The van der Waals surface area contributed by atoms with Crippen LogP contribution in [0.15, 0.2) is 0 Å². The van der Waals surface area contributed by atoms with Gasteiger partial charge in [-0.25, -0.2) is 0 Å². The molecule has 0 unspecified atom stereocenters. The first-order valence-electron chi connectivity index (χ1n) is 3.85. The molecule has 0 aromatic rings. The summed E-state index contributed by atoms with van der Waals surface area (Å²) in [6, 6.07) is 0. The fourth-order valence-corrected chi connectivity index (χ4v) is 0.780. The Labute approximate surface area is 75.7 Å². The van der Waals surface area contributed by atoms with Crippen molar-refractivity contribution < 1.29 is 30.6 Å². The lowest BCUT2D eigenvalue weighted by Gasteiger charge is -2.32. The zero-order valence-electron chi connectivity index (χ0n) is 7.33.